The minimum Gasteiger partial charge on any atom is -0.388 e. The summed E-state index contributed by atoms with van der Waals surface area (Å²) in [6, 6.07) is 7.41. The Hall–Kier alpha value is -1.43. The zero-order valence-electron chi connectivity index (χ0n) is 11.4. The lowest BCUT2D eigenvalue weighted by atomic mass is 10.0. The van der Waals surface area contributed by atoms with Crippen LogP contribution in [0.3, 0.4) is 0 Å². The monoisotopic (exact) mass is 266 g/mol. The molecule has 5 heteroatoms. The number of rotatable bonds is 7. The minimum atomic E-state index is -1.02. The van der Waals surface area contributed by atoms with Gasteiger partial charge in [0.05, 0.1) is 0 Å². The Morgan fingerprint density at radius 2 is 2.11 bits per heavy atom. The van der Waals surface area contributed by atoms with Gasteiger partial charge in [0.2, 0.25) is 5.91 Å². The van der Waals surface area contributed by atoms with E-state index in [4.69, 9.17) is 0 Å². The van der Waals surface area contributed by atoms with Gasteiger partial charge in [-0.3, -0.25) is 4.79 Å². The van der Waals surface area contributed by atoms with Gasteiger partial charge in [-0.1, -0.05) is 31.2 Å². The van der Waals surface area contributed by atoms with Gasteiger partial charge in [-0.25, -0.2) is 0 Å². The highest BCUT2D eigenvalue weighted by molar-refractivity contribution is 5.72. The first-order valence-corrected chi connectivity index (χ1v) is 6.44. The number of aliphatic hydroxyl groups is 2. The molecule has 0 aromatic heterocycles. The number of carbonyl (C=O) groups excluding carboxylic acids is 1. The van der Waals surface area contributed by atoms with Gasteiger partial charge in [0.15, 0.2) is 0 Å². The van der Waals surface area contributed by atoms with Crippen LogP contribution in [0.5, 0.6) is 0 Å². The van der Waals surface area contributed by atoms with Crippen LogP contribution < -0.4 is 10.6 Å². The van der Waals surface area contributed by atoms with Crippen molar-refractivity contribution in [1.29, 1.82) is 0 Å². The van der Waals surface area contributed by atoms with Crippen molar-refractivity contribution in [2.75, 3.05) is 13.1 Å². The molecular weight excluding hydrogens is 244 g/mol. The van der Waals surface area contributed by atoms with Gasteiger partial charge in [-0.2, -0.15) is 0 Å². The highest BCUT2D eigenvalue weighted by Gasteiger charge is 2.18. The van der Waals surface area contributed by atoms with Crippen molar-refractivity contribution in [2.45, 2.75) is 32.6 Å². The van der Waals surface area contributed by atoms with Crippen molar-refractivity contribution >= 4 is 5.91 Å². The molecule has 2 unspecified atom stereocenters. The Kier molecular flexibility index (Phi) is 6.49. The molecule has 0 radical (unpaired) electrons. The Bertz CT molecular complexity index is 409. The molecule has 0 aliphatic rings. The molecule has 2 atom stereocenters. The third-order valence-electron chi connectivity index (χ3n) is 2.80. The number of aliphatic hydroxyl groups excluding tert-OH is 2. The van der Waals surface area contributed by atoms with Crippen LogP contribution in [0.15, 0.2) is 24.3 Å². The number of hydrogen-bond acceptors (Lipinski definition) is 4. The average Bonchev–Trinajstić information content (AvgIpc) is 2.41. The van der Waals surface area contributed by atoms with Crippen LogP contribution in [0.2, 0.25) is 0 Å². The molecule has 0 saturated heterocycles. The molecule has 0 bridgehead atoms. The van der Waals surface area contributed by atoms with Crippen molar-refractivity contribution in [2.24, 2.45) is 0 Å². The molecule has 0 saturated carbocycles. The summed E-state index contributed by atoms with van der Waals surface area (Å²) < 4.78 is 0. The zero-order chi connectivity index (χ0) is 14.3. The smallest absolute Gasteiger partial charge is 0.216 e. The van der Waals surface area contributed by atoms with Gasteiger partial charge in [0.1, 0.15) is 12.2 Å². The van der Waals surface area contributed by atoms with E-state index in [0.717, 1.165) is 18.7 Å². The van der Waals surface area contributed by atoms with E-state index in [1.165, 1.54) is 6.92 Å². The molecular formula is C14H22N2O3. The first kappa shape index (κ1) is 15.6. The number of nitrogens with one attached hydrogen (secondary N) is 2. The Morgan fingerprint density at radius 1 is 1.37 bits per heavy atom. The first-order chi connectivity index (χ1) is 9.04. The van der Waals surface area contributed by atoms with Gasteiger partial charge in [0.25, 0.3) is 0 Å². The minimum absolute atomic E-state index is 0.0357. The van der Waals surface area contributed by atoms with Gasteiger partial charge in [-0.05, 0) is 17.7 Å². The van der Waals surface area contributed by atoms with E-state index in [-0.39, 0.29) is 12.5 Å². The van der Waals surface area contributed by atoms with E-state index < -0.39 is 12.2 Å². The van der Waals surface area contributed by atoms with E-state index in [0.29, 0.717) is 5.56 Å². The van der Waals surface area contributed by atoms with Gasteiger partial charge < -0.3 is 20.8 Å². The fraction of sp³-hybridized carbons (Fsp3) is 0.500. The third-order valence-corrected chi connectivity index (χ3v) is 2.80. The fourth-order valence-electron chi connectivity index (χ4n) is 1.74. The molecule has 1 rings (SSSR count). The summed E-state index contributed by atoms with van der Waals surface area (Å²) in [6.45, 7) is 5.02. The highest BCUT2D eigenvalue weighted by atomic mass is 16.3. The second kappa shape index (κ2) is 7.89. The second-order valence-corrected chi connectivity index (χ2v) is 4.47. The summed E-state index contributed by atoms with van der Waals surface area (Å²) >= 11 is 0. The summed E-state index contributed by atoms with van der Waals surface area (Å²) in [5.41, 5.74) is 1.69. The lowest BCUT2D eigenvalue weighted by molar-refractivity contribution is -0.119. The predicted octanol–water partition coefficient (Wildman–Crippen LogP) is 0.326. The lowest BCUT2D eigenvalue weighted by Crippen LogP contribution is -2.34. The summed E-state index contributed by atoms with van der Waals surface area (Å²) in [6.07, 6.45) is -2.02. The molecule has 0 fully saturated rings. The van der Waals surface area contributed by atoms with E-state index in [9.17, 15) is 15.0 Å². The van der Waals surface area contributed by atoms with Crippen LogP contribution >= 0.6 is 0 Å². The molecule has 0 aliphatic heterocycles. The molecule has 5 nitrogen and oxygen atoms in total. The molecule has 19 heavy (non-hydrogen) atoms. The highest BCUT2D eigenvalue weighted by Crippen LogP contribution is 2.18. The van der Waals surface area contributed by atoms with Crippen LogP contribution in [-0.2, 0) is 11.3 Å². The van der Waals surface area contributed by atoms with Crippen molar-refractivity contribution in [3.05, 3.63) is 35.4 Å². The van der Waals surface area contributed by atoms with Crippen LogP contribution in [0.4, 0.5) is 0 Å². The molecule has 0 spiro atoms. The van der Waals surface area contributed by atoms with Crippen molar-refractivity contribution in [3.8, 4) is 0 Å². The molecule has 1 aromatic rings. The predicted molar refractivity (Wildman–Crippen MR) is 73.5 cm³/mol. The average molecular weight is 266 g/mol. The molecule has 0 heterocycles. The van der Waals surface area contributed by atoms with Gasteiger partial charge in [-0.15, -0.1) is 0 Å². The Balaban J connectivity index is 2.64. The maximum absolute atomic E-state index is 10.8. The number of benzene rings is 1. The van der Waals surface area contributed by atoms with Gasteiger partial charge in [0, 0.05) is 20.0 Å². The summed E-state index contributed by atoms with van der Waals surface area (Å²) in [4.78, 5) is 10.8. The summed E-state index contributed by atoms with van der Waals surface area (Å²) in [7, 11) is 0. The largest absolute Gasteiger partial charge is 0.388 e. The molecule has 1 aromatic carbocycles. The Labute approximate surface area is 113 Å². The third kappa shape index (κ3) is 5.38. The van der Waals surface area contributed by atoms with E-state index in [1.54, 1.807) is 6.07 Å². The SMILES string of the molecule is CCNCc1cccc(C(O)C(O)CNC(C)=O)c1. The second-order valence-electron chi connectivity index (χ2n) is 4.47. The number of carbonyl (C=O) groups is 1. The molecule has 4 N–H and O–H groups in total. The van der Waals surface area contributed by atoms with Crippen LogP contribution in [0.25, 0.3) is 0 Å². The maximum atomic E-state index is 10.8. The van der Waals surface area contributed by atoms with Crippen molar-refractivity contribution in [3.63, 3.8) is 0 Å². The number of amides is 1. The van der Waals surface area contributed by atoms with Crippen molar-refractivity contribution < 1.29 is 15.0 Å². The molecule has 1 amide bonds. The lowest BCUT2D eigenvalue weighted by Gasteiger charge is -2.19. The van der Waals surface area contributed by atoms with Crippen LogP contribution in [0.1, 0.15) is 31.1 Å². The van der Waals surface area contributed by atoms with E-state index in [2.05, 4.69) is 10.6 Å². The van der Waals surface area contributed by atoms with Gasteiger partial charge >= 0.3 is 0 Å². The summed E-state index contributed by atoms with van der Waals surface area (Å²) in [5, 5.41) is 25.5. The zero-order valence-corrected chi connectivity index (χ0v) is 11.4. The van der Waals surface area contributed by atoms with Crippen molar-refractivity contribution in [1.82, 2.24) is 10.6 Å². The van der Waals surface area contributed by atoms with Crippen LogP contribution in [-0.4, -0.2) is 35.3 Å². The standard InChI is InChI=1S/C14H22N2O3/c1-3-15-8-11-5-4-6-12(7-11)14(19)13(18)9-16-10(2)17/h4-7,13-15,18-19H,3,8-9H2,1-2H3,(H,16,17). The van der Waals surface area contributed by atoms with E-state index in [1.807, 2.05) is 25.1 Å². The fourth-order valence-corrected chi connectivity index (χ4v) is 1.74. The Morgan fingerprint density at radius 3 is 2.74 bits per heavy atom. The molecule has 0 aliphatic carbocycles. The quantitative estimate of drug-likeness (QED) is 0.573. The van der Waals surface area contributed by atoms with Crippen LogP contribution in [0, 0.1) is 0 Å². The number of hydrogen-bond donors (Lipinski definition) is 4. The normalized spacial score (nSPS) is 13.9. The first-order valence-electron chi connectivity index (χ1n) is 6.44. The maximum Gasteiger partial charge on any atom is 0.216 e. The van der Waals surface area contributed by atoms with E-state index >= 15 is 0 Å². The summed E-state index contributed by atoms with van der Waals surface area (Å²) in [5.74, 6) is -0.229. The molecule has 106 valence electrons. The topological polar surface area (TPSA) is 81.6 Å².